The van der Waals surface area contributed by atoms with E-state index in [-0.39, 0.29) is 6.04 Å². The summed E-state index contributed by atoms with van der Waals surface area (Å²) in [6.07, 6.45) is 2.62. The van der Waals surface area contributed by atoms with Crippen molar-refractivity contribution in [3.8, 4) is 22.6 Å². The van der Waals surface area contributed by atoms with Crippen LogP contribution in [0.3, 0.4) is 0 Å². The molecule has 1 atom stereocenters. The van der Waals surface area contributed by atoms with E-state index in [1.807, 2.05) is 24.3 Å². The second kappa shape index (κ2) is 6.46. The van der Waals surface area contributed by atoms with Gasteiger partial charge in [-0.15, -0.1) is 0 Å². The fourth-order valence-electron chi connectivity index (χ4n) is 2.86. The van der Waals surface area contributed by atoms with Crippen LogP contribution in [-0.4, -0.2) is 17.6 Å². The molecule has 0 bridgehead atoms. The number of anilines is 1. The zero-order chi connectivity index (χ0) is 16.4. The van der Waals surface area contributed by atoms with E-state index in [2.05, 4.69) is 18.8 Å². The molecular weight excluding hydrogens is 290 g/mol. The van der Waals surface area contributed by atoms with Gasteiger partial charge in [-0.2, -0.15) is 0 Å². The van der Waals surface area contributed by atoms with Crippen LogP contribution in [0.4, 0.5) is 5.82 Å². The van der Waals surface area contributed by atoms with Crippen LogP contribution in [0.25, 0.3) is 11.1 Å². The van der Waals surface area contributed by atoms with Crippen molar-refractivity contribution in [1.82, 2.24) is 4.98 Å². The van der Waals surface area contributed by atoms with Crippen molar-refractivity contribution in [2.45, 2.75) is 32.9 Å². The molecule has 2 heterocycles. The molecule has 1 aromatic carbocycles. The smallest absolute Gasteiger partial charge is 0.146 e. The summed E-state index contributed by atoms with van der Waals surface area (Å²) in [5, 5.41) is 0. The Morgan fingerprint density at radius 1 is 1.26 bits per heavy atom. The first-order valence-electron chi connectivity index (χ1n) is 7.93. The van der Waals surface area contributed by atoms with Crippen LogP contribution < -0.4 is 20.9 Å². The molecule has 1 unspecified atom stereocenters. The molecule has 4 N–H and O–H groups in total. The van der Waals surface area contributed by atoms with Crippen molar-refractivity contribution >= 4 is 5.82 Å². The molecule has 23 heavy (non-hydrogen) atoms. The zero-order valence-corrected chi connectivity index (χ0v) is 13.6. The van der Waals surface area contributed by atoms with Gasteiger partial charge in [0, 0.05) is 17.2 Å². The average molecular weight is 313 g/mol. The SMILES string of the molecule is CC(C)CC(N)COc1ccc2c(c1)COc1cnc(N)cc1-2. The second-order valence-corrected chi connectivity index (χ2v) is 6.41. The summed E-state index contributed by atoms with van der Waals surface area (Å²) < 4.78 is 11.6. The minimum atomic E-state index is 0.0499. The fourth-order valence-corrected chi connectivity index (χ4v) is 2.86. The number of ether oxygens (including phenoxy) is 2. The highest BCUT2D eigenvalue weighted by molar-refractivity contribution is 5.77. The van der Waals surface area contributed by atoms with Crippen LogP contribution in [0.5, 0.6) is 11.5 Å². The quantitative estimate of drug-likeness (QED) is 0.886. The van der Waals surface area contributed by atoms with E-state index in [9.17, 15) is 0 Å². The predicted molar refractivity (Wildman–Crippen MR) is 91.3 cm³/mol. The molecule has 0 amide bonds. The second-order valence-electron chi connectivity index (χ2n) is 6.41. The minimum absolute atomic E-state index is 0.0499. The molecule has 0 fully saturated rings. The van der Waals surface area contributed by atoms with Gasteiger partial charge in [0.1, 0.15) is 30.5 Å². The summed E-state index contributed by atoms with van der Waals surface area (Å²) >= 11 is 0. The maximum absolute atomic E-state index is 6.07. The van der Waals surface area contributed by atoms with Gasteiger partial charge in [0.25, 0.3) is 0 Å². The van der Waals surface area contributed by atoms with E-state index < -0.39 is 0 Å². The topological polar surface area (TPSA) is 83.4 Å². The van der Waals surface area contributed by atoms with Crippen molar-refractivity contribution in [2.75, 3.05) is 12.3 Å². The van der Waals surface area contributed by atoms with Crippen LogP contribution in [0.15, 0.2) is 30.5 Å². The van der Waals surface area contributed by atoms with Gasteiger partial charge in [-0.1, -0.05) is 19.9 Å². The Bertz CT molecular complexity index is 701. The van der Waals surface area contributed by atoms with Gasteiger partial charge in [-0.05, 0) is 36.1 Å². The molecule has 5 nitrogen and oxygen atoms in total. The lowest BCUT2D eigenvalue weighted by atomic mass is 9.98. The predicted octanol–water partition coefficient (Wildman–Crippen LogP) is 2.98. The number of nitrogens with two attached hydrogens (primary N) is 2. The normalized spacial score (nSPS) is 13.9. The van der Waals surface area contributed by atoms with Crippen LogP contribution >= 0.6 is 0 Å². The lowest BCUT2D eigenvalue weighted by molar-refractivity contribution is 0.268. The Balaban J connectivity index is 1.76. The lowest BCUT2D eigenvalue weighted by Crippen LogP contribution is -2.29. The third kappa shape index (κ3) is 3.56. The molecule has 2 aromatic rings. The van der Waals surface area contributed by atoms with Crippen molar-refractivity contribution < 1.29 is 9.47 Å². The van der Waals surface area contributed by atoms with Crippen LogP contribution in [0.1, 0.15) is 25.8 Å². The number of pyridine rings is 1. The molecule has 0 aliphatic carbocycles. The van der Waals surface area contributed by atoms with Gasteiger partial charge >= 0.3 is 0 Å². The van der Waals surface area contributed by atoms with E-state index in [0.717, 1.165) is 34.6 Å². The first-order chi connectivity index (χ1) is 11.0. The Morgan fingerprint density at radius 3 is 2.87 bits per heavy atom. The Labute approximate surface area is 136 Å². The van der Waals surface area contributed by atoms with Gasteiger partial charge in [0.05, 0.1) is 6.20 Å². The van der Waals surface area contributed by atoms with E-state index >= 15 is 0 Å². The Hall–Kier alpha value is -2.27. The van der Waals surface area contributed by atoms with E-state index in [1.54, 1.807) is 6.20 Å². The van der Waals surface area contributed by atoms with Gasteiger partial charge < -0.3 is 20.9 Å². The summed E-state index contributed by atoms with van der Waals surface area (Å²) in [6.45, 7) is 5.34. The van der Waals surface area contributed by atoms with Crippen molar-refractivity contribution in [3.63, 3.8) is 0 Å². The fraction of sp³-hybridized carbons (Fsp3) is 0.389. The number of hydrogen-bond acceptors (Lipinski definition) is 5. The summed E-state index contributed by atoms with van der Waals surface area (Å²) in [5.41, 5.74) is 15.0. The Kier molecular flexibility index (Phi) is 4.39. The van der Waals surface area contributed by atoms with Gasteiger partial charge in [0.15, 0.2) is 0 Å². The number of fused-ring (bicyclic) bond motifs is 3. The number of benzene rings is 1. The highest BCUT2D eigenvalue weighted by Crippen LogP contribution is 2.39. The largest absolute Gasteiger partial charge is 0.492 e. The molecule has 0 saturated carbocycles. The molecule has 3 rings (SSSR count). The molecule has 1 aromatic heterocycles. The highest BCUT2D eigenvalue weighted by atomic mass is 16.5. The third-order valence-electron chi connectivity index (χ3n) is 3.88. The van der Waals surface area contributed by atoms with Gasteiger partial charge in [-0.25, -0.2) is 4.98 Å². The van der Waals surface area contributed by atoms with Crippen LogP contribution in [0.2, 0.25) is 0 Å². The van der Waals surface area contributed by atoms with E-state index in [1.165, 1.54) is 0 Å². The van der Waals surface area contributed by atoms with Crippen molar-refractivity contribution in [1.29, 1.82) is 0 Å². The van der Waals surface area contributed by atoms with E-state index in [4.69, 9.17) is 20.9 Å². The van der Waals surface area contributed by atoms with Crippen molar-refractivity contribution in [3.05, 3.63) is 36.0 Å². The zero-order valence-electron chi connectivity index (χ0n) is 13.6. The number of nitrogens with zero attached hydrogens (tertiary/aromatic N) is 1. The standard InChI is InChI=1S/C18H23N3O2/c1-11(2)5-13(19)10-22-14-3-4-15-12(6-14)9-23-17-8-21-18(20)7-16(15)17/h3-4,6-8,11,13H,5,9-10,19H2,1-2H3,(H2,20,21). The molecule has 0 spiro atoms. The molecule has 122 valence electrons. The van der Waals surface area contributed by atoms with Crippen molar-refractivity contribution in [2.24, 2.45) is 11.7 Å². The third-order valence-corrected chi connectivity index (χ3v) is 3.88. The maximum Gasteiger partial charge on any atom is 0.146 e. The summed E-state index contributed by atoms with van der Waals surface area (Å²) in [4.78, 5) is 4.07. The molecular formula is C18H23N3O2. The molecule has 5 heteroatoms. The maximum atomic E-state index is 6.07. The van der Waals surface area contributed by atoms with E-state index in [0.29, 0.717) is 24.9 Å². The number of nitrogen functional groups attached to an aromatic ring is 1. The first kappa shape index (κ1) is 15.6. The number of aromatic nitrogens is 1. The minimum Gasteiger partial charge on any atom is -0.492 e. The molecule has 0 saturated heterocycles. The number of rotatable bonds is 5. The molecule has 0 radical (unpaired) electrons. The highest BCUT2D eigenvalue weighted by Gasteiger charge is 2.18. The van der Waals surface area contributed by atoms with Crippen LogP contribution in [-0.2, 0) is 6.61 Å². The summed E-state index contributed by atoms with van der Waals surface area (Å²) in [5.74, 6) is 2.64. The molecule has 1 aliphatic heterocycles. The Morgan fingerprint density at radius 2 is 2.09 bits per heavy atom. The lowest BCUT2D eigenvalue weighted by Gasteiger charge is -2.22. The first-order valence-corrected chi connectivity index (χ1v) is 7.93. The number of hydrogen-bond donors (Lipinski definition) is 2. The van der Waals surface area contributed by atoms with Crippen LogP contribution in [0, 0.1) is 5.92 Å². The molecule has 1 aliphatic rings. The summed E-state index contributed by atoms with van der Waals surface area (Å²) in [6, 6.07) is 7.91. The summed E-state index contributed by atoms with van der Waals surface area (Å²) in [7, 11) is 0. The van der Waals surface area contributed by atoms with Gasteiger partial charge in [-0.3, -0.25) is 0 Å². The van der Waals surface area contributed by atoms with Gasteiger partial charge in [0.2, 0.25) is 0 Å². The monoisotopic (exact) mass is 313 g/mol. The average Bonchev–Trinajstić information content (AvgIpc) is 2.51.